The lowest BCUT2D eigenvalue weighted by molar-refractivity contribution is -0.387. The zero-order chi connectivity index (χ0) is 18.8. The molecule has 0 saturated heterocycles. The number of nitrogens with zero attached hydrogens (tertiary/aromatic N) is 1. The van der Waals surface area contributed by atoms with Crippen LogP contribution in [0.3, 0.4) is 0 Å². The van der Waals surface area contributed by atoms with Crippen LogP contribution < -0.4 is 5.32 Å². The number of hydrogen-bond acceptors (Lipinski definition) is 6. The highest BCUT2D eigenvalue weighted by atomic mass is 35.5. The number of nitro groups is 1. The first-order valence-electron chi connectivity index (χ1n) is 7.21. The summed E-state index contributed by atoms with van der Waals surface area (Å²) in [6, 6.07) is 10.4. The van der Waals surface area contributed by atoms with E-state index in [0.29, 0.717) is 16.3 Å². The minimum Gasteiger partial charge on any atom is -0.384 e. The van der Waals surface area contributed by atoms with Gasteiger partial charge in [0.25, 0.3) is 5.69 Å². The van der Waals surface area contributed by atoms with Crippen molar-refractivity contribution >= 4 is 32.8 Å². The third-order valence-corrected chi connectivity index (χ3v) is 5.00. The van der Waals surface area contributed by atoms with Crippen LogP contribution in [-0.2, 0) is 15.4 Å². The van der Waals surface area contributed by atoms with E-state index in [4.69, 9.17) is 11.6 Å². The SMILES string of the molecule is CC(O)(CNc1ccc([N+](=O)[O-])c(S(C)(=O)=O)c1)c1cccc(Cl)c1. The summed E-state index contributed by atoms with van der Waals surface area (Å²) in [5.74, 6) is 0. The molecule has 7 nitrogen and oxygen atoms in total. The van der Waals surface area contributed by atoms with Gasteiger partial charge >= 0.3 is 0 Å². The molecular formula is C16H17ClN2O5S. The van der Waals surface area contributed by atoms with Crippen molar-refractivity contribution in [1.82, 2.24) is 0 Å². The van der Waals surface area contributed by atoms with Crippen molar-refractivity contribution in [3.63, 3.8) is 0 Å². The number of benzene rings is 2. The van der Waals surface area contributed by atoms with Crippen molar-refractivity contribution in [3.05, 3.63) is 63.2 Å². The quantitative estimate of drug-likeness (QED) is 0.585. The fourth-order valence-corrected chi connectivity index (χ4v) is 3.33. The van der Waals surface area contributed by atoms with E-state index in [9.17, 15) is 23.6 Å². The smallest absolute Gasteiger partial charge is 0.288 e. The summed E-state index contributed by atoms with van der Waals surface area (Å²) in [5.41, 5.74) is -0.849. The highest BCUT2D eigenvalue weighted by Gasteiger charge is 2.25. The number of rotatable bonds is 6. The predicted octanol–water partition coefficient (Wildman–Crippen LogP) is 2.97. The van der Waals surface area contributed by atoms with Crippen LogP contribution in [0.2, 0.25) is 5.02 Å². The molecule has 1 atom stereocenters. The number of sulfone groups is 1. The Hall–Kier alpha value is -2.16. The van der Waals surface area contributed by atoms with Crippen LogP contribution in [-0.4, -0.2) is 31.2 Å². The monoisotopic (exact) mass is 384 g/mol. The van der Waals surface area contributed by atoms with Crippen LogP contribution in [0.25, 0.3) is 0 Å². The molecule has 134 valence electrons. The Kier molecular flexibility index (Phi) is 5.36. The molecular weight excluding hydrogens is 368 g/mol. The van der Waals surface area contributed by atoms with Gasteiger partial charge in [-0.05, 0) is 36.8 Å². The third kappa shape index (κ3) is 4.68. The fraction of sp³-hybridized carbons (Fsp3) is 0.250. The zero-order valence-corrected chi connectivity index (χ0v) is 15.1. The lowest BCUT2D eigenvalue weighted by atomic mass is 9.96. The zero-order valence-electron chi connectivity index (χ0n) is 13.6. The molecule has 0 fully saturated rings. The van der Waals surface area contributed by atoms with Gasteiger partial charge in [0.1, 0.15) is 10.5 Å². The Morgan fingerprint density at radius 3 is 2.52 bits per heavy atom. The first-order valence-corrected chi connectivity index (χ1v) is 9.48. The second-order valence-electron chi connectivity index (χ2n) is 5.85. The van der Waals surface area contributed by atoms with Crippen LogP contribution in [0.4, 0.5) is 11.4 Å². The first-order chi connectivity index (χ1) is 11.5. The topological polar surface area (TPSA) is 110 Å². The van der Waals surface area contributed by atoms with Gasteiger partial charge in [0.2, 0.25) is 0 Å². The molecule has 0 saturated carbocycles. The average molecular weight is 385 g/mol. The minimum atomic E-state index is -3.77. The molecule has 0 aliphatic carbocycles. The second-order valence-corrected chi connectivity index (χ2v) is 8.27. The van der Waals surface area contributed by atoms with Crippen LogP contribution in [0.1, 0.15) is 12.5 Å². The van der Waals surface area contributed by atoms with E-state index < -0.39 is 26.0 Å². The third-order valence-electron chi connectivity index (χ3n) is 3.64. The summed E-state index contributed by atoms with van der Waals surface area (Å²) in [4.78, 5) is 9.85. The molecule has 25 heavy (non-hydrogen) atoms. The molecule has 0 heterocycles. The highest BCUT2D eigenvalue weighted by Crippen LogP contribution is 2.28. The molecule has 2 N–H and O–H groups in total. The van der Waals surface area contributed by atoms with Gasteiger partial charge in [-0.3, -0.25) is 10.1 Å². The number of halogens is 1. The van der Waals surface area contributed by atoms with Crippen molar-refractivity contribution in [2.75, 3.05) is 18.1 Å². The second kappa shape index (κ2) is 6.99. The van der Waals surface area contributed by atoms with Gasteiger partial charge in [0, 0.05) is 29.6 Å². The van der Waals surface area contributed by atoms with Gasteiger partial charge in [-0.1, -0.05) is 23.7 Å². The maximum Gasteiger partial charge on any atom is 0.288 e. The summed E-state index contributed by atoms with van der Waals surface area (Å²) in [5, 5.41) is 25.0. The molecule has 2 aromatic carbocycles. The van der Waals surface area contributed by atoms with Gasteiger partial charge in [0.05, 0.1) is 4.92 Å². The molecule has 0 spiro atoms. The normalized spacial score (nSPS) is 13.9. The van der Waals surface area contributed by atoms with Gasteiger partial charge in [0.15, 0.2) is 9.84 Å². The van der Waals surface area contributed by atoms with Gasteiger partial charge < -0.3 is 10.4 Å². The minimum absolute atomic E-state index is 0.0500. The average Bonchev–Trinajstić information content (AvgIpc) is 2.52. The van der Waals surface area contributed by atoms with Crippen molar-refractivity contribution in [1.29, 1.82) is 0 Å². The molecule has 1 unspecified atom stereocenters. The maximum atomic E-state index is 11.8. The molecule has 0 aliphatic rings. The Labute approximate surface area is 150 Å². The fourth-order valence-electron chi connectivity index (χ4n) is 2.27. The molecule has 9 heteroatoms. The number of nitro benzene ring substituents is 1. The largest absolute Gasteiger partial charge is 0.384 e. The molecule has 0 aromatic heterocycles. The Morgan fingerprint density at radius 2 is 1.96 bits per heavy atom. The summed E-state index contributed by atoms with van der Waals surface area (Å²) in [6.07, 6.45) is 0.904. The van der Waals surface area contributed by atoms with E-state index >= 15 is 0 Å². The van der Waals surface area contributed by atoms with Crippen molar-refractivity contribution in [2.45, 2.75) is 17.4 Å². The number of nitrogens with one attached hydrogen (secondary N) is 1. The summed E-state index contributed by atoms with van der Waals surface area (Å²) in [6.45, 7) is 1.63. The summed E-state index contributed by atoms with van der Waals surface area (Å²) >= 11 is 5.92. The van der Waals surface area contributed by atoms with Crippen LogP contribution in [0.15, 0.2) is 47.4 Å². The maximum absolute atomic E-state index is 11.8. The number of aliphatic hydroxyl groups is 1. The van der Waals surface area contributed by atoms with Gasteiger partial charge in [-0.25, -0.2) is 8.42 Å². The molecule has 2 rings (SSSR count). The Morgan fingerprint density at radius 1 is 1.28 bits per heavy atom. The van der Waals surface area contributed by atoms with Gasteiger partial charge in [-0.15, -0.1) is 0 Å². The Bertz CT molecular complexity index is 912. The molecule has 0 bridgehead atoms. The Balaban J connectivity index is 2.28. The van der Waals surface area contributed by atoms with Gasteiger partial charge in [-0.2, -0.15) is 0 Å². The van der Waals surface area contributed by atoms with E-state index in [0.717, 1.165) is 12.3 Å². The number of hydrogen-bond donors (Lipinski definition) is 2. The van der Waals surface area contributed by atoms with Crippen molar-refractivity contribution < 1.29 is 18.4 Å². The van der Waals surface area contributed by atoms with Crippen molar-refractivity contribution in [3.8, 4) is 0 Å². The first kappa shape index (κ1) is 19.2. The lowest BCUT2D eigenvalue weighted by Crippen LogP contribution is -2.30. The van der Waals surface area contributed by atoms with E-state index in [1.165, 1.54) is 12.1 Å². The predicted molar refractivity (Wildman–Crippen MR) is 95.7 cm³/mol. The molecule has 0 radical (unpaired) electrons. The standard InChI is InChI=1S/C16H17ClN2O5S/c1-16(20,11-4-3-5-12(17)8-11)10-18-13-6-7-14(19(21)22)15(9-13)25(2,23)24/h3-9,18,20H,10H2,1-2H3. The molecule has 0 amide bonds. The van der Waals surface area contributed by atoms with Crippen LogP contribution in [0, 0.1) is 10.1 Å². The van der Waals surface area contributed by atoms with Crippen molar-refractivity contribution in [2.24, 2.45) is 0 Å². The highest BCUT2D eigenvalue weighted by molar-refractivity contribution is 7.90. The molecule has 0 aliphatic heterocycles. The van der Waals surface area contributed by atoms with Crippen LogP contribution >= 0.6 is 11.6 Å². The number of anilines is 1. The summed E-state index contributed by atoms with van der Waals surface area (Å²) in [7, 11) is -3.77. The lowest BCUT2D eigenvalue weighted by Gasteiger charge is -2.25. The van der Waals surface area contributed by atoms with Crippen LogP contribution in [0.5, 0.6) is 0 Å². The van der Waals surface area contributed by atoms with E-state index in [1.54, 1.807) is 31.2 Å². The van der Waals surface area contributed by atoms with E-state index in [2.05, 4.69) is 5.32 Å². The van der Waals surface area contributed by atoms with E-state index in [1.807, 2.05) is 0 Å². The summed E-state index contributed by atoms with van der Waals surface area (Å²) < 4.78 is 23.5. The molecule has 2 aromatic rings. The van der Waals surface area contributed by atoms with E-state index in [-0.39, 0.29) is 11.4 Å².